The smallest absolute Gasteiger partial charge is 0.310 e. The van der Waals surface area contributed by atoms with Crippen LogP contribution in [-0.2, 0) is 19.1 Å². The molecule has 0 unspecified atom stereocenters. The van der Waals surface area contributed by atoms with Crippen LogP contribution in [0.25, 0.3) is 0 Å². The number of benzene rings is 2. The molecule has 9 nitrogen and oxygen atoms in total. The summed E-state index contributed by atoms with van der Waals surface area (Å²) in [5, 5.41) is 10.8. The van der Waals surface area contributed by atoms with E-state index in [-0.39, 0.29) is 35.4 Å². The van der Waals surface area contributed by atoms with Gasteiger partial charge in [0.2, 0.25) is 0 Å². The van der Waals surface area contributed by atoms with E-state index in [2.05, 4.69) is 0 Å². The molecule has 9 heteroatoms. The molecule has 2 aliphatic carbocycles. The molecule has 5 rings (SSSR count). The van der Waals surface area contributed by atoms with E-state index in [0.29, 0.717) is 29.0 Å². The van der Waals surface area contributed by atoms with Gasteiger partial charge < -0.3 is 14.2 Å². The minimum absolute atomic E-state index is 0.0374. The van der Waals surface area contributed by atoms with Gasteiger partial charge in [-0.3, -0.25) is 24.5 Å². The molecule has 1 saturated heterocycles. The second-order valence-electron chi connectivity index (χ2n) is 8.79. The Morgan fingerprint density at radius 3 is 2.61 bits per heavy atom. The summed E-state index contributed by atoms with van der Waals surface area (Å²) in [7, 11) is 0. The maximum absolute atomic E-state index is 12.7. The summed E-state index contributed by atoms with van der Waals surface area (Å²) in [5.41, 5.74) is 1.01. The van der Waals surface area contributed by atoms with E-state index in [1.807, 2.05) is 0 Å². The lowest BCUT2D eigenvalue weighted by molar-refractivity contribution is -0.384. The van der Waals surface area contributed by atoms with Crippen molar-refractivity contribution in [3.8, 4) is 11.5 Å². The molecule has 1 aliphatic heterocycles. The minimum atomic E-state index is -0.520. The summed E-state index contributed by atoms with van der Waals surface area (Å²) in [4.78, 5) is 47.6. The fourth-order valence-corrected chi connectivity index (χ4v) is 5.34. The summed E-state index contributed by atoms with van der Waals surface area (Å²) in [6.07, 6.45) is 1.42. The Labute approximate surface area is 188 Å². The fraction of sp³-hybridized carbons (Fsp3) is 0.375. The van der Waals surface area contributed by atoms with Gasteiger partial charge in [0, 0.05) is 23.6 Å². The Balaban J connectivity index is 1.20. The normalized spacial score (nSPS) is 26.7. The molecule has 2 aromatic carbocycles. The van der Waals surface area contributed by atoms with Gasteiger partial charge in [-0.2, -0.15) is 0 Å². The van der Waals surface area contributed by atoms with Crippen LogP contribution in [0, 0.1) is 40.7 Å². The average molecular weight is 451 g/mol. The lowest BCUT2D eigenvalue weighted by Gasteiger charge is -2.22. The van der Waals surface area contributed by atoms with Gasteiger partial charge in [0.05, 0.1) is 16.8 Å². The molecule has 5 atom stereocenters. The number of nitro benzene ring substituents is 1. The average Bonchev–Trinajstić information content (AvgIpc) is 3.42. The van der Waals surface area contributed by atoms with Gasteiger partial charge in [-0.1, -0.05) is 0 Å². The van der Waals surface area contributed by atoms with Gasteiger partial charge in [0.1, 0.15) is 17.6 Å². The third-order valence-electron chi connectivity index (χ3n) is 6.87. The van der Waals surface area contributed by atoms with Crippen molar-refractivity contribution in [1.82, 2.24) is 0 Å². The number of ether oxygens (including phenoxy) is 3. The number of carbonyl (C=O) groups excluding carboxylic acids is 3. The topological polar surface area (TPSA) is 122 Å². The number of fused-ring (bicyclic) bond motifs is 1. The second-order valence-corrected chi connectivity index (χ2v) is 8.79. The number of hydrogen-bond donors (Lipinski definition) is 0. The van der Waals surface area contributed by atoms with Gasteiger partial charge in [-0.25, -0.2) is 0 Å². The van der Waals surface area contributed by atoms with Crippen molar-refractivity contribution < 1.29 is 33.5 Å². The number of non-ortho nitro benzene ring substituents is 1. The highest BCUT2D eigenvalue weighted by atomic mass is 16.6. The molecule has 3 fully saturated rings. The molecule has 2 saturated carbocycles. The monoisotopic (exact) mass is 451 g/mol. The predicted octanol–water partition coefficient (Wildman–Crippen LogP) is 3.62. The summed E-state index contributed by atoms with van der Waals surface area (Å²) < 4.78 is 16.4. The van der Waals surface area contributed by atoms with Gasteiger partial charge in [-0.15, -0.1) is 0 Å². The zero-order chi connectivity index (χ0) is 23.3. The highest BCUT2D eigenvalue weighted by molar-refractivity contribution is 5.98. The number of esters is 2. The van der Waals surface area contributed by atoms with Crippen molar-refractivity contribution >= 4 is 23.4 Å². The van der Waals surface area contributed by atoms with Crippen LogP contribution in [0.15, 0.2) is 42.5 Å². The largest absolute Gasteiger partial charge is 0.462 e. The number of nitrogens with zero attached hydrogens (tertiary/aromatic N) is 1. The quantitative estimate of drug-likeness (QED) is 0.271. The van der Waals surface area contributed by atoms with Crippen LogP contribution in [0.2, 0.25) is 0 Å². The molecule has 2 bridgehead atoms. The van der Waals surface area contributed by atoms with Gasteiger partial charge in [-0.05, 0) is 61.6 Å². The Kier molecular flexibility index (Phi) is 5.11. The predicted molar refractivity (Wildman–Crippen MR) is 113 cm³/mol. The third kappa shape index (κ3) is 3.73. The first-order valence-corrected chi connectivity index (χ1v) is 10.7. The van der Waals surface area contributed by atoms with Crippen LogP contribution in [0.4, 0.5) is 5.69 Å². The second kappa shape index (κ2) is 7.99. The molecular formula is C24H21NO8. The first-order valence-electron chi connectivity index (χ1n) is 10.7. The highest BCUT2D eigenvalue weighted by Crippen LogP contribution is 2.57. The van der Waals surface area contributed by atoms with Crippen LogP contribution in [0.1, 0.15) is 28.8 Å². The van der Waals surface area contributed by atoms with Crippen molar-refractivity contribution in [2.24, 2.45) is 23.7 Å². The van der Waals surface area contributed by atoms with Gasteiger partial charge in [0.25, 0.3) is 5.69 Å². The van der Waals surface area contributed by atoms with Crippen molar-refractivity contribution in [1.29, 1.82) is 0 Å². The number of ketones is 1. The van der Waals surface area contributed by atoms with Gasteiger partial charge in [0.15, 0.2) is 12.4 Å². The van der Waals surface area contributed by atoms with E-state index < -0.39 is 29.3 Å². The van der Waals surface area contributed by atoms with E-state index in [4.69, 9.17) is 14.2 Å². The molecule has 3 aliphatic rings. The van der Waals surface area contributed by atoms with Crippen LogP contribution < -0.4 is 4.74 Å². The Hall–Kier alpha value is -3.75. The number of Topliss-reactive ketones (excluding diaryl/α,β-unsaturated/α-hetero) is 1. The molecule has 1 heterocycles. The van der Waals surface area contributed by atoms with Crippen LogP contribution in [0.5, 0.6) is 11.5 Å². The molecule has 0 radical (unpaired) electrons. The Morgan fingerprint density at radius 2 is 1.91 bits per heavy atom. The number of hydrogen-bond acceptors (Lipinski definition) is 8. The fourth-order valence-electron chi connectivity index (χ4n) is 5.34. The summed E-state index contributed by atoms with van der Waals surface area (Å²) in [6.45, 7) is 1.36. The number of nitro groups is 1. The molecule has 0 aromatic heterocycles. The highest BCUT2D eigenvalue weighted by Gasteiger charge is 2.64. The van der Waals surface area contributed by atoms with Crippen molar-refractivity contribution in [3.63, 3.8) is 0 Å². The summed E-state index contributed by atoms with van der Waals surface area (Å²) in [6, 6.07) is 10.5. The number of rotatable bonds is 7. The molecule has 0 spiro atoms. The molecule has 0 N–H and O–H groups in total. The van der Waals surface area contributed by atoms with Gasteiger partial charge >= 0.3 is 11.9 Å². The van der Waals surface area contributed by atoms with Crippen molar-refractivity contribution in [3.05, 3.63) is 63.7 Å². The lowest BCUT2D eigenvalue weighted by Crippen LogP contribution is -2.34. The van der Waals surface area contributed by atoms with Crippen LogP contribution in [-0.4, -0.2) is 35.4 Å². The molecule has 170 valence electrons. The maximum atomic E-state index is 12.7. The standard InChI is InChI=1S/C24H21NO8/c1-12-8-13(2-7-19(12)32-16-5-3-15(4-6-16)25(29)30)18(26)11-31-23(27)21-14-9-17-20(10-14)33-24(28)22(17)21/h2-8,14,17,20-22H,9-11H2,1H3/t14-,17+,20+,21-,22-/m1/s1. The van der Waals surface area contributed by atoms with E-state index in [0.717, 1.165) is 6.42 Å². The van der Waals surface area contributed by atoms with E-state index in [1.54, 1.807) is 25.1 Å². The Bertz CT molecular complexity index is 1160. The van der Waals surface area contributed by atoms with E-state index >= 15 is 0 Å². The zero-order valence-electron chi connectivity index (χ0n) is 17.8. The lowest BCUT2D eigenvalue weighted by atomic mass is 9.80. The van der Waals surface area contributed by atoms with Crippen LogP contribution >= 0.6 is 0 Å². The SMILES string of the molecule is Cc1cc(C(=O)COC(=O)[C@@H]2[C@@H]3C[C@@H]4[C@H]2C(=O)O[C@H]4C3)ccc1Oc1ccc([N+](=O)[O-])cc1. The summed E-state index contributed by atoms with van der Waals surface area (Å²) in [5.74, 6) is -1.04. The number of aryl methyl sites for hydroxylation is 1. The maximum Gasteiger partial charge on any atom is 0.310 e. The number of carbonyl (C=O) groups is 3. The molecule has 2 aromatic rings. The minimum Gasteiger partial charge on any atom is -0.462 e. The van der Waals surface area contributed by atoms with Crippen molar-refractivity contribution in [2.45, 2.75) is 25.9 Å². The zero-order valence-corrected chi connectivity index (χ0v) is 17.8. The molecule has 33 heavy (non-hydrogen) atoms. The molecule has 0 amide bonds. The first-order chi connectivity index (χ1) is 15.8. The van der Waals surface area contributed by atoms with E-state index in [9.17, 15) is 24.5 Å². The van der Waals surface area contributed by atoms with Crippen molar-refractivity contribution in [2.75, 3.05) is 6.61 Å². The summed E-state index contributed by atoms with van der Waals surface area (Å²) >= 11 is 0. The molecular weight excluding hydrogens is 430 g/mol. The van der Waals surface area contributed by atoms with Crippen LogP contribution in [0.3, 0.4) is 0 Å². The Morgan fingerprint density at radius 1 is 1.15 bits per heavy atom. The first kappa shape index (κ1) is 21.1. The van der Waals surface area contributed by atoms with E-state index in [1.165, 1.54) is 24.3 Å². The third-order valence-corrected chi connectivity index (χ3v) is 6.87.